The Bertz CT molecular complexity index is 333. The molecule has 17 heavy (non-hydrogen) atoms. The van der Waals surface area contributed by atoms with Gasteiger partial charge in [0.25, 0.3) is 0 Å². The molecule has 2 unspecified atom stereocenters. The summed E-state index contributed by atoms with van der Waals surface area (Å²) in [5, 5.41) is 4.47. The van der Waals surface area contributed by atoms with E-state index in [0.717, 1.165) is 18.2 Å². The Labute approximate surface area is 109 Å². The number of benzene rings is 1. The quantitative estimate of drug-likeness (QED) is 0.874. The van der Waals surface area contributed by atoms with Crippen LogP contribution in [-0.2, 0) is 13.0 Å². The fourth-order valence-electron chi connectivity index (χ4n) is 2.33. The minimum absolute atomic E-state index is 0.694. The highest BCUT2D eigenvalue weighted by atomic mass is 32.2. The van der Waals surface area contributed by atoms with Crippen molar-refractivity contribution in [2.24, 2.45) is 0 Å². The standard InChI is InChI=1S/C15H23NS/c1-3-13-6-8-14(9-7-13)11-16-15-5-4-10-17-12(15)2/h6-9,12,15-16H,3-5,10-11H2,1-2H3. The highest BCUT2D eigenvalue weighted by molar-refractivity contribution is 7.99. The number of hydrogen-bond donors (Lipinski definition) is 1. The van der Waals surface area contributed by atoms with Crippen LogP contribution in [0.5, 0.6) is 0 Å². The van der Waals surface area contributed by atoms with Gasteiger partial charge in [0.15, 0.2) is 0 Å². The summed E-state index contributed by atoms with van der Waals surface area (Å²) in [6.07, 6.45) is 3.83. The van der Waals surface area contributed by atoms with E-state index < -0.39 is 0 Å². The van der Waals surface area contributed by atoms with Gasteiger partial charge in [0.1, 0.15) is 0 Å². The molecule has 0 saturated carbocycles. The summed E-state index contributed by atoms with van der Waals surface area (Å²) in [4.78, 5) is 0. The number of nitrogens with one attached hydrogen (secondary N) is 1. The van der Waals surface area contributed by atoms with Crippen molar-refractivity contribution in [2.45, 2.75) is 50.9 Å². The zero-order valence-corrected chi connectivity index (χ0v) is 11.7. The monoisotopic (exact) mass is 249 g/mol. The van der Waals surface area contributed by atoms with Crippen molar-refractivity contribution in [3.63, 3.8) is 0 Å². The maximum absolute atomic E-state index is 3.70. The van der Waals surface area contributed by atoms with Crippen LogP contribution >= 0.6 is 11.8 Å². The van der Waals surface area contributed by atoms with E-state index in [0.29, 0.717) is 6.04 Å². The van der Waals surface area contributed by atoms with Gasteiger partial charge in [0, 0.05) is 17.8 Å². The average molecular weight is 249 g/mol. The molecule has 2 heteroatoms. The van der Waals surface area contributed by atoms with E-state index in [-0.39, 0.29) is 0 Å². The van der Waals surface area contributed by atoms with Gasteiger partial charge in [-0.1, -0.05) is 38.1 Å². The van der Waals surface area contributed by atoms with Crippen LogP contribution in [0.2, 0.25) is 0 Å². The zero-order valence-electron chi connectivity index (χ0n) is 10.9. The van der Waals surface area contributed by atoms with Crippen molar-refractivity contribution in [1.29, 1.82) is 0 Å². The number of hydrogen-bond acceptors (Lipinski definition) is 2. The van der Waals surface area contributed by atoms with E-state index in [1.54, 1.807) is 0 Å². The Morgan fingerprint density at radius 3 is 2.59 bits per heavy atom. The molecular formula is C15H23NS. The van der Waals surface area contributed by atoms with Crippen molar-refractivity contribution in [2.75, 3.05) is 5.75 Å². The predicted octanol–water partition coefficient (Wildman–Crippen LogP) is 3.62. The third-order valence-corrected chi connectivity index (χ3v) is 4.99. The molecule has 1 fully saturated rings. The molecule has 1 nitrogen and oxygen atoms in total. The Morgan fingerprint density at radius 1 is 1.24 bits per heavy atom. The molecule has 0 amide bonds. The van der Waals surface area contributed by atoms with Crippen molar-refractivity contribution >= 4 is 11.8 Å². The molecule has 0 aromatic heterocycles. The molecular weight excluding hydrogens is 226 g/mol. The second-order valence-electron chi connectivity index (χ2n) is 4.88. The Balaban J connectivity index is 1.84. The molecule has 1 saturated heterocycles. The molecule has 2 atom stereocenters. The minimum atomic E-state index is 0.694. The number of aryl methyl sites for hydroxylation is 1. The SMILES string of the molecule is CCc1ccc(CNC2CCCSC2C)cc1. The van der Waals surface area contributed by atoms with Crippen molar-refractivity contribution in [3.8, 4) is 0 Å². The normalized spacial score (nSPS) is 24.8. The summed E-state index contributed by atoms with van der Waals surface area (Å²) in [6, 6.07) is 9.70. The van der Waals surface area contributed by atoms with Crippen LogP contribution in [0.25, 0.3) is 0 Å². The summed E-state index contributed by atoms with van der Waals surface area (Å²) < 4.78 is 0. The topological polar surface area (TPSA) is 12.0 Å². The molecule has 1 aliphatic heterocycles. The first-order valence-electron chi connectivity index (χ1n) is 6.72. The van der Waals surface area contributed by atoms with E-state index in [2.05, 4.69) is 55.2 Å². The maximum Gasteiger partial charge on any atom is 0.0208 e. The van der Waals surface area contributed by atoms with Gasteiger partial charge in [-0.25, -0.2) is 0 Å². The smallest absolute Gasteiger partial charge is 0.0208 e. The van der Waals surface area contributed by atoms with Crippen molar-refractivity contribution < 1.29 is 0 Å². The molecule has 1 aromatic rings. The molecule has 0 bridgehead atoms. The van der Waals surface area contributed by atoms with Gasteiger partial charge >= 0.3 is 0 Å². The Morgan fingerprint density at radius 2 is 1.94 bits per heavy atom. The van der Waals surface area contributed by atoms with Crippen LogP contribution < -0.4 is 5.32 Å². The van der Waals surface area contributed by atoms with Gasteiger partial charge in [-0.3, -0.25) is 0 Å². The summed E-state index contributed by atoms with van der Waals surface area (Å²) in [6.45, 7) is 5.56. The lowest BCUT2D eigenvalue weighted by Crippen LogP contribution is -2.38. The molecule has 1 N–H and O–H groups in total. The zero-order chi connectivity index (χ0) is 12.1. The van der Waals surface area contributed by atoms with Crippen molar-refractivity contribution in [1.82, 2.24) is 5.32 Å². The second-order valence-corrected chi connectivity index (χ2v) is 6.36. The third-order valence-electron chi connectivity index (χ3n) is 3.61. The van der Waals surface area contributed by atoms with Gasteiger partial charge < -0.3 is 5.32 Å². The van der Waals surface area contributed by atoms with E-state index in [1.807, 2.05) is 0 Å². The fraction of sp³-hybridized carbons (Fsp3) is 0.600. The first-order valence-corrected chi connectivity index (χ1v) is 7.77. The summed E-state index contributed by atoms with van der Waals surface area (Å²) in [5.41, 5.74) is 2.83. The van der Waals surface area contributed by atoms with E-state index in [9.17, 15) is 0 Å². The van der Waals surface area contributed by atoms with E-state index in [4.69, 9.17) is 0 Å². The Kier molecular flexibility index (Phi) is 4.93. The fourth-order valence-corrected chi connectivity index (χ4v) is 3.50. The first kappa shape index (κ1) is 13.0. The van der Waals surface area contributed by atoms with Crippen LogP contribution in [0.1, 0.15) is 37.8 Å². The van der Waals surface area contributed by atoms with E-state index in [1.165, 1.54) is 29.7 Å². The van der Waals surface area contributed by atoms with Crippen LogP contribution in [0.4, 0.5) is 0 Å². The van der Waals surface area contributed by atoms with Crippen LogP contribution in [0.3, 0.4) is 0 Å². The molecule has 1 heterocycles. The third kappa shape index (κ3) is 3.75. The minimum Gasteiger partial charge on any atom is -0.309 e. The lowest BCUT2D eigenvalue weighted by atomic mass is 10.1. The maximum atomic E-state index is 3.70. The number of rotatable bonds is 4. The number of thioether (sulfide) groups is 1. The van der Waals surface area contributed by atoms with Crippen molar-refractivity contribution in [3.05, 3.63) is 35.4 Å². The first-order chi connectivity index (χ1) is 8.29. The molecule has 1 aromatic carbocycles. The summed E-state index contributed by atoms with van der Waals surface area (Å²) >= 11 is 2.10. The van der Waals surface area contributed by atoms with Gasteiger partial charge in [0.2, 0.25) is 0 Å². The largest absolute Gasteiger partial charge is 0.309 e. The van der Waals surface area contributed by atoms with E-state index >= 15 is 0 Å². The van der Waals surface area contributed by atoms with Gasteiger partial charge in [0.05, 0.1) is 0 Å². The van der Waals surface area contributed by atoms with Crippen LogP contribution in [-0.4, -0.2) is 17.0 Å². The molecule has 2 rings (SSSR count). The molecule has 94 valence electrons. The highest BCUT2D eigenvalue weighted by Gasteiger charge is 2.20. The van der Waals surface area contributed by atoms with Gasteiger partial charge in [-0.05, 0) is 36.1 Å². The Hall–Kier alpha value is -0.470. The van der Waals surface area contributed by atoms with Gasteiger partial charge in [-0.2, -0.15) is 11.8 Å². The lowest BCUT2D eigenvalue weighted by molar-refractivity contribution is 0.462. The summed E-state index contributed by atoms with van der Waals surface area (Å²) in [5.74, 6) is 1.34. The van der Waals surface area contributed by atoms with Crippen LogP contribution in [0, 0.1) is 0 Å². The molecule has 0 aliphatic carbocycles. The molecule has 1 aliphatic rings. The van der Waals surface area contributed by atoms with Gasteiger partial charge in [-0.15, -0.1) is 0 Å². The molecule has 0 radical (unpaired) electrons. The second kappa shape index (κ2) is 6.46. The predicted molar refractivity (Wildman–Crippen MR) is 77.6 cm³/mol. The lowest BCUT2D eigenvalue weighted by Gasteiger charge is -2.29. The summed E-state index contributed by atoms with van der Waals surface area (Å²) in [7, 11) is 0. The highest BCUT2D eigenvalue weighted by Crippen LogP contribution is 2.25. The average Bonchev–Trinajstić information content (AvgIpc) is 2.38. The molecule has 0 spiro atoms. The van der Waals surface area contributed by atoms with Crippen LogP contribution in [0.15, 0.2) is 24.3 Å².